The molecule has 3 aromatic rings. The third-order valence-corrected chi connectivity index (χ3v) is 3.72. The third-order valence-electron chi connectivity index (χ3n) is 3.72. The van der Waals surface area contributed by atoms with E-state index in [1.165, 1.54) is 18.2 Å². The van der Waals surface area contributed by atoms with Gasteiger partial charge in [-0.3, -0.25) is 9.97 Å². The Hall–Kier alpha value is -3.42. The van der Waals surface area contributed by atoms with E-state index in [1.807, 2.05) is 6.07 Å². The Labute approximate surface area is 153 Å². The molecule has 2 heterocycles. The van der Waals surface area contributed by atoms with Crippen molar-refractivity contribution in [3.63, 3.8) is 0 Å². The number of nitrogens with zero attached hydrogens (tertiary/aromatic N) is 2. The summed E-state index contributed by atoms with van der Waals surface area (Å²) in [6, 6.07) is 11.3. The van der Waals surface area contributed by atoms with Gasteiger partial charge in [-0.2, -0.15) is 13.2 Å². The van der Waals surface area contributed by atoms with Gasteiger partial charge < -0.3 is 10.6 Å². The van der Waals surface area contributed by atoms with Crippen LogP contribution in [0.3, 0.4) is 0 Å². The zero-order valence-electron chi connectivity index (χ0n) is 14.0. The minimum atomic E-state index is -4.55. The summed E-state index contributed by atoms with van der Waals surface area (Å²) in [5, 5.41) is 4.74. The van der Waals surface area contributed by atoms with Crippen LogP contribution in [0.2, 0.25) is 0 Å². The van der Waals surface area contributed by atoms with Crippen LogP contribution in [0.5, 0.6) is 0 Å². The van der Waals surface area contributed by atoms with E-state index in [-0.39, 0.29) is 12.2 Å². The normalized spacial score (nSPS) is 11.1. The van der Waals surface area contributed by atoms with Crippen LogP contribution in [0.15, 0.2) is 67.1 Å². The van der Waals surface area contributed by atoms with E-state index in [4.69, 9.17) is 0 Å². The molecule has 0 unspecified atom stereocenters. The number of amides is 2. The lowest BCUT2D eigenvalue weighted by Gasteiger charge is -2.14. The third kappa shape index (κ3) is 4.81. The Morgan fingerprint density at radius 2 is 1.81 bits per heavy atom. The SMILES string of the molecule is O=C(NCc1ccc(-c2cccnc2)nc1)Nc1ccccc1C(F)(F)F. The molecular weight excluding hydrogens is 357 g/mol. The van der Waals surface area contributed by atoms with Crippen LogP contribution in [0.4, 0.5) is 23.7 Å². The number of anilines is 1. The first-order chi connectivity index (χ1) is 12.9. The molecule has 0 fully saturated rings. The molecule has 0 aliphatic heterocycles. The Bertz CT molecular complexity index is 912. The average molecular weight is 372 g/mol. The summed E-state index contributed by atoms with van der Waals surface area (Å²) in [7, 11) is 0. The molecule has 138 valence electrons. The van der Waals surface area contributed by atoms with Gasteiger partial charge in [0.15, 0.2) is 0 Å². The quantitative estimate of drug-likeness (QED) is 0.709. The van der Waals surface area contributed by atoms with Crippen LogP contribution < -0.4 is 10.6 Å². The molecule has 0 atom stereocenters. The number of alkyl halides is 3. The first-order valence-corrected chi connectivity index (χ1v) is 8.00. The highest BCUT2D eigenvalue weighted by molar-refractivity contribution is 5.90. The molecule has 3 rings (SSSR count). The van der Waals surface area contributed by atoms with Crippen molar-refractivity contribution < 1.29 is 18.0 Å². The molecule has 0 radical (unpaired) electrons. The van der Waals surface area contributed by atoms with Crippen molar-refractivity contribution >= 4 is 11.7 Å². The standard InChI is InChI=1S/C19H15F3N4O/c20-19(21,22)15-5-1-2-6-17(15)26-18(27)25-11-13-7-8-16(24-10-13)14-4-3-9-23-12-14/h1-10,12H,11H2,(H2,25,26,27). The molecule has 0 bridgehead atoms. The topological polar surface area (TPSA) is 66.9 Å². The number of halogens is 3. The van der Waals surface area contributed by atoms with Crippen LogP contribution in [0.25, 0.3) is 11.3 Å². The second kappa shape index (κ2) is 7.86. The second-order valence-electron chi connectivity index (χ2n) is 5.64. The fraction of sp³-hybridized carbons (Fsp3) is 0.105. The number of benzene rings is 1. The van der Waals surface area contributed by atoms with Crippen LogP contribution >= 0.6 is 0 Å². The number of pyridine rings is 2. The van der Waals surface area contributed by atoms with Gasteiger partial charge in [-0.05, 0) is 35.9 Å². The number of nitrogens with one attached hydrogen (secondary N) is 2. The van der Waals surface area contributed by atoms with E-state index >= 15 is 0 Å². The van der Waals surface area contributed by atoms with Gasteiger partial charge >= 0.3 is 12.2 Å². The molecule has 2 amide bonds. The van der Waals surface area contributed by atoms with Crippen molar-refractivity contribution in [3.05, 3.63) is 78.2 Å². The fourth-order valence-electron chi connectivity index (χ4n) is 2.40. The van der Waals surface area contributed by atoms with E-state index in [0.717, 1.165) is 17.3 Å². The molecule has 0 aliphatic carbocycles. The molecular formula is C19H15F3N4O. The van der Waals surface area contributed by atoms with Gasteiger partial charge in [-0.25, -0.2) is 4.79 Å². The number of para-hydroxylation sites is 1. The smallest absolute Gasteiger partial charge is 0.334 e. The molecule has 0 aliphatic rings. The molecule has 1 aromatic carbocycles. The lowest BCUT2D eigenvalue weighted by molar-refractivity contribution is -0.136. The number of carbonyl (C=O) groups is 1. The zero-order chi connectivity index (χ0) is 19.3. The molecule has 0 saturated carbocycles. The molecule has 2 aromatic heterocycles. The highest BCUT2D eigenvalue weighted by Crippen LogP contribution is 2.34. The van der Waals surface area contributed by atoms with E-state index in [9.17, 15) is 18.0 Å². The Kier molecular flexibility index (Phi) is 5.35. The number of urea groups is 1. The largest absolute Gasteiger partial charge is 0.418 e. The molecule has 2 N–H and O–H groups in total. The van der Waals surface area contributed by atoms with Crippen LogP contribution in [0.1, 0.15) is 11.1 Å². The van der Waals surface area contributed by atoms with Gasteiger partial charge in [-0.15, -0.1) is 0 Å². The predicted octanol–water partition coefficient (Wildman–Crippen LogP) is 4.48. The van der Waals surface area contributed by atoms with Crippen molar-refractivity contribution in [1.29, 1.82) is 0 Å². The summed E-state index contributed by atoms with van der Waals surface area (Å²) >= 11 is 0. The van der Waals surface area contributed by atoms with Crippen LogP contribution in [0, 0.1) is 0 Å². The van der Waals surface area contributed by atoms with Crippen molar-refractivity contribution in [2.24, 2.45) is 0 Å². The predicted molar refractivity (Wildman–Crippen MR) is 94.8 cm³/mol. The maximum absolute atomic E-state index is 12.9. The van der Waals surface area contributed by atoms with Crippen molar-refractivity contribution in [2.75, 3.05) is 5.32 Å². The van der Waals surface area contributed by atoms with Gasteiger partial charge in [-0.1, -0.05) is 18.2 Å². The van der Waals surface area contributed by atoms with Gasteiger partial charge in [0.05, 0.1) is 16.9 Å². The summed E-state index contributed by atoms with van der Waals surface area (Å²) < 4.78 is 38.8. The highest BCUT2D eigenvalue weighted by Gasteiger charge is 2.33. The van der Waals surface area contributed by atoms with Crippen molar-refractivity contribution in [2.45, 2.75) is 12.7 Å². The summed E-state index contributed by atoms with van der Waals surface area (Å²) in [5.41, 5.74) is 1.10. The second-order valence-corrected chi connectivity index (χ2v) is 5.64. The van der Waals surface area contributed by atoms with Crippen molar-refractivity contribution in [1.82, 2.24) is 15.3 Å². The lowest BCUT2D eigenvalue weighted by atomic mass is 10.1. The molecule has 0 saturated heterocycles. The number of aromatic nitrogens is 2. The number of rotatable bonds is 4. The maximum Gasteiger partial charge on any atom is 0.418 e. The van der Waals surface area contributed by atoms with Crippen LogP contribution in [-0.4, -0.2) is 16.0 Å². The first-order valence-electron chi connectivity index (χ1n) is 8.00. The minimum Gasteiger partial charge on any atom is -0.334 e. The van der Waals surface area contributed by atoms with Crippen molar-refractivity contribution in [3.8, 4) is 11.3 Å². The average Bonchev–Trinajstić information content (AvgIpc) is 2.67. The summed E-state index contributed by atoms with van der Waals surface area (Å²) in [6.45, 7) is 0.125. The molecule has 27 heavy (non-hydrogen) atoms. The molecule has 0 spiro atoms. The summed E-state index contributed by atoms with van der Waals surface area (Å²) in [5.74, 6) is 0. The van der Waals surface area contributed by atoms with E-state index < -0.39 is 17.8 Å². The van der Waals surface area contributed by atoms with Gasteiger partial charge in [0, 0.05) is 30.7 Å². The number of hydrogen-bond acceptors (Lipinski definition) is 3. The van der Waals surface area contributed by atoms with Crippen LogP contribution in [-0.2, 0) is 12.7 Å². The minimum absolute atomic E-state index is 0.125. The maximum atomic E-state index is 12.9. The monoisotopic (exact) mass is 372 g/mol. The Balaban J connectivity index is 1.60. The molecule has 5 nitrogen and oxygen atoms in total. The highest BCUT2D eigenvalue weighted by atomic mass is 19.4. The van der Waals surface area contributed by atoms with Gasteiger partial charge in [0.25, 0.3) is 0 Å². The van der Waals surface area contributed by atoms with E-state index in [1.54, 1.807) is 36.8 Å². The number of hydrogen-bond donors (Lipinski definition) is 2. The summed E-state index contributed by atoms with van der Waals surface area (Å²) in [4.78, 5) is 20.3. The fourth-order valence-corrected chi connectivity index (χ4v) is 2.40. The first kappa shape index (κ1) is 18.4. The lowest BCUT2D eigenvalue weighted by Crippen LogP contribution is -2.29. The van der Waals surface area contributed by atoms with Gasteiger partial charge in [0.2, 0.25) is 0 Å². The van der Waals surface area contributed by atoms with Gasteiger partial charge in [0.1, 0.15) is 0 Å². The number of carbonyl (C=O) groups excluding carboxylic acids is 1. The summed E-state index contributed by atoms with van der Waals surface area (Å²) in [6.07, 6.45) is 0.394. The van der Waals surface area contributed by atoms with E-state index in [2.05, 4.69) is 20.6 Å². The Morgan fingerprint density at radius 1 is 1.00 bits per heavy atom. The van der Waals surface area contributed by atoms with E-state index in [0.29, 0.717) is 5.56 Å². The Morgan fingerprint density at radius 3 is 2.48 bits per heavy atom. The molecule has 8 heteroatoms. The zero-order valence-corrected chi connectivity index (χ0v) is 14.0.